The van der Waals surface area contributed by atoms with Crippen LogP contribution in [-0.4, -0.2) is 54.7 Å². The molecule has 0 saturated carbocycles. The topological polar surface area (TPSA) is 28.6 Å². The van der Waals surface area contributed by atoms with Crippen molar-refractivity contribution < 1.29 is 4.74 Å². The van der Waals surface area contributed by atoms with E-state index >= 15 is 0 Å². The van der Waals surface area contributed by atoms with E-state index in [-0.39, 0.29) is 0 Å². The van der Waals surface area contributed by atoms with E-state index in [1.54, 1.807) is 11.3 Å². The van der Waals surface area contributed by atoms with Gasteiger partial charge in [-0.3, -0.25) is 14.8 Å². The molecular formula is C21H29N3OS. The largest absolute Gasteiger partial charge is 0.384 e. The van der Waals surface area contributed by atoms with Crippen LogP contribution in [0.2, 0.25) is 0 Å². The number of aromatic nitrogens is 1. The predicted octanol–water partition coefficient (Wildman–Crippen LogP) is 3.50. The predicted molar refractivity (Wildman–Crippen MR) is 106 cm³/mol. The number of rotatable bonds is 6. The van der Waals surface area contributed by atoms with Crippen LogP contribution in [0.4, 0.5) is 0 Å². The lowest BCUT2D eigenvalue weighted by molar-refractivity contribution is 0.0350. The highest BCUT2D eigenvalue weighted by Crippen LogP contribution is 2.45. The van der Waals surface area contributed by atoms with Crippen molar-refractivity contribution in [2.24, 2.45) is 11.3 Å². The molecule has 0 bridgehead atoms. The first-order chi connectivity index (χ1) is 12.8. The summed E-state index contributed by atoms with van der Waals surface area (Å²) in [5, 5.41) is 4.47. The molecule has 140 valence electrons. The van der Waals surface area contributed by atoms with Crippen molar-refractivity contribution in [2.45, 2.75) is 25.9 Å². The lowest BCUT2D eigenvalue weighted by Gasteiger charge is -2.42. The summed E-state index contributed by atoms with van der Waals surface area (Å²) in [7, 11) is 1.85. The highest BCUT2D eigenvalue weighted by molar-refractivity contribution is 7.07. The molecule has 0 N–H and O–H groups in total. The molecule has 2 aliphatic heterocycles. The van der Waals surface area contributed by atoms with Crippen molar-refractivity contribution in [3.8, 4) is 0 Å². The third kappa shape index (κ3) is 4.01. The summed E-state index contributed by atoms with van der Waals surface area (Å²) in [6, 6.07) is 6.48. The van der Waals surface area contributed by atoms with Gasteiger partial charge < -0.3 is 4.74 Å². The number of hydrogen-bond acceptors (Lipinski definition) is 5. The Balaban J connectivity index is 1.38. The molecule has 4 heterocycles. The van der Waals surface area contributed by atoms with Crippen LogP contribution in [0.15, 0.2) is 41.4 Å². The van der Waals surface area contributed by atoms with E-state index in [2.05, 4.69) is 37.7 Å². The fraction of sp³-hybridized carbons (Fsp3) is 0.571. The Morgan fingerprint density at radius 2 is 2.04 bits per heavy atom. The summed E-state index contributed by atoms with van der Waals surface area (Å²) in [4.78, 5) is 9.50. The molecule has 0 amide bonds. The second kappa shape index (κ2) is 8.17. The quantitative estimate of drug-likeness (QED) is 0.777. The zero-order chi connectivity index (χ0) is 17.8. The summed E-state index contributed by atoms with van der Waals surface area (Å²) in [6.45, 7) is 7.76. The van der Waals surface area contributed by atoms with Gasteiger partial charge in [0.1, 0.15) is 0 Å². The molecule has 26 heavy (non-hydrogen) atoms. The summed E-state index contributed by atoms with van der Waals surface area (Å²) < 4.78 is 5.61. The Morgan fingerprint density at radius 1 is 1.19 bits per heavy atom. The van der Waals surface area contributed by atoms with Gasteiger partial charge in [-0.1, -0.05) is 6.07 Å². The van der Waals surface area contributed by atoms with E-state index in [0.29, 0.717) is 11.3 Å². The van der Waals surface area contributed by atoms with Gasteiger partial charge in [0, 0.05) is 51.6 Å². The molecule has 0 aromatic carbocycles. The van der Waals surface area contributed by atoms with Crippen molar-refractivity contribution in [3.63, 3.8) is 0 Å². The first kappa shape index (κ1) is 18.1. The molecule has 2 aliphatic rings. The normalized spacial score (nSPS) is 23.7. The molecule has 1 atom stereocenters. The average molecular weight is 372 g/mol. The Labute approximate surface area is 160 Å². The van der Waals surface area contributed by atoms with Crippen LogP contribution >= 0.6 is 11.3 Å². The van der Waals surface area contributed by atoms with E-state index < -0.39 is 0 Å². The van der Waals surface area contributed by atoms with E-state index in [1.165, 1.54) is 50.1 Å². The number of likely N-dealkylation sites (tertiary alicyclic amines) is 2. The molecule has 2 aromatic rings. The van der Waals surface area contributed by atoms with E-state index in [1.807, 2.05) is 25.6 Å². The van der Waals surface area contributed by atoms with Crippen LogP contribution in [0.5, 0.6) is 0 Å². The second-order valence-electron chi connectivity index (χ2n) is 7.95. The fourth-order valence-corrected chi connectivity index (χ4v) is 5.47. The molecule has 1 spiro atoms. The molecule has 4 rings (SSSR count). The van der Waals surface area contributed by atoms with Crippen LogP contribution in [0.1, 0.15) is 24.0 Å². The monoisotopic (exact) mass is 371 g/mol. The van der Waals surface area contributed by atoms with Crippen molar-refractivity contribution in [1.82, 2.24) is 14.8 Å². The van der Waals surface area contributed by atoms with Gasteiger partial charge in [0.2, 0.25) is 0 Å². The van der Waals surface area contributed by atoms with Crippen LogP contribution in [0.25, 0.3) is 0 Å². The van der Waals surface area contributed by atoms with Crippen molar-refractivity contribution in [2.75, 3.05) is 39.9 Å². The van der Waals surface area contributed by atoms with Crippen molar-refractivity contribution >= 4 is 11.3 Å². The Bertz CT molecular complexity index is 668. The SMILES string of the molecule is COC[C@H]1CN(Cc2ccsc2)CC12CCN(Cc1cccnc1)CC2. The molecule has 2 fully saturated rings. The van der Waals surface area contributed by atoms with E-state index in [0.717, 1.165) is 19.7 Å². The minimum atomic E-state index is 0.428. The van der Waals surface area contributed by atoms with Crippen LogP contribution in [0, 0.1) is 11.3 Å². The van der Waals surface area contributed by atoms with Gasteiger partial charge in [-0.15, -0.1) is 0 Å². The summed E-state index contributed by atoms with van der Waals surface area (Å²) in [5.74, 6) is 0.659. The van der Waals surface area contributed by atoms with E-state index in [9.17, 15) is 0 Å². The van der Waals surface area contributed by atoms with Crippen LogP contribution < -0.4 is 0 Å². The molecule has 2 aromatic heterocycles. The number of methoxy groups -OCH3 is 1. The zero-order valence-electron chi connectivity index (χ0n) is 15.6. The van der Waals surface area contributed by atoms with Gasteiger partial charge in [-0.25, -0.2) is 0 Å². The maximum Gasteiger partial charge on any atom is 0.0508 e. The number of hydrogen-bond donors (Lipinski definition) is 0. The zero-order valence-corrected chi connectivity index (χ0v) is 16.5. The number of nitrogens with zero attached hydrogens (tertiary/aromatic N) is 3. The van der Waals surface area contributed by atoms with Crippen molar-refractivity contribution in [1.29, 1.82) is 0 Å². The molecule has 0 radical (unpaired) electrons. The number of pyridine rings is 1. The number of thiophene rings is 1. The highest BCUT2D eigenvalue weighted by Gasteiger charge is 2.47. The highest BCUT2D eigenvalue weighted by atomic mass is 32.1. The Morgan fingerprint density at radius 3 is 2.73 bits per heavy atom. The van der Waals surface area contributed by atoms with E-state index in [4.69, 9.17) is 4.74 Å². The summed E-state index contributed by atoms with van der Waals surface area (Å²) in [6.07, 6.45) is 6.41. The van der Waals surface area contributed by atoms with Crippen LogP contribution in [-0.2, 0) is 17.8 Å². The molecular weight excluding hydrogens is 342 g/mol. The average Bonchev–Trinajstić information content (AvgIpc) is 3.28. The van der Waals surface area contributed by atoms with Gasteiger partial charge in [-0.2, -0.15) is 11.3 Å². The standard InChI is InChI=1S/C21H29N3OS/c1-25-15-20-14-24(13-19-4-10-26-16-19)17-21(20)5-8-23(9-6-21)12-18-3-2-7-22-11-18/h2-4,7,10-11,16,20H,5-6,8-9,12-15,17H2,1H3/t20-/m1/s1. The minimum absolute atomic E-state index is 0.428. The molecule has 5 heteroatoms. The van der Waals surface area contributed by atoms with Gasteiger partial charge in [0.15, 0.2) is 0 Å². The Kier molecular flexibility index (Phi) is 5.69. The second-order valence-corrected chi connectivity index (χ2v) is 8.73. The first-order valence-electron chi connectivity index (χ1n) is 9.61. The first-order valence-corrected chi connectivity index (χ1v) is 10.6. The summed E-state index contributed by atoms with van der Waals surface area (Å²) in [5.41, 5.74) is 3.21. The van der Waals surface area contributed by atoms with Gasteiger partial charge >= 0.3 is 0 Å². The van der Waals surface area contributed by atoms with Gasteiger partial charge in [0.05, 0.1) is 6.61 Å². The minimum Gasteiger partial charge on any atom is -0.384 e. The third-order valence-electron chi connectivity index (χ3n) is 6.22. The fourth-order valence-electron chi connectivity index (χ4n) is 4.81. The molecule has 0 aliphatic carbocycles. The molecule has 2 saturated heterocycles. The van der Waals surface area contributed by atoms with Gasteiger partial charge in [0.25, 0.3) is 0 Å². The molecule has 0 unspecified atom stereocenters. The maximum atomic E-state index is 5.61. The number of ether oxygens (including phenoxy) is 1. The van der Waals surface area contributed by atoms with Crippen LogP contribution in [0.3, 0.4) is 0 Å². The molecule has 4 nitrogen and oxygen atoms in total. The third-order valence-corrected chi connectivity index (χ3v) is 6.95. The maximum absolute atomic E-state index is 5.61. The summed E-state index contributed by atoms with van der Waals surface area (Å²) >= 11 is 1.80. The lowest BCUT2D eigenvalue weighted by Crippen LogP contribution is -2.44. The number of piperidine rings is 1. The lowest BCUT2D eigenvalue weighted by atomic mass is 9.71. The van der Waals surface area contributed by atoms with Crippen molar-refractivity contribution in [3.05, 3.63) is 52.5 Å². The smallest absolute Gasteiger partial charge is 0.0508 e. The Hall–Kier alpha value is -1.27. The van der Waals surface area contributed by atoms with Gasteiger partial charge in [-0.05, 0) is 65.4 Å².